The van der Waals surface area contributed by atoms with Gasteiger partial charge in [-0.2, -0.15) is 0 Å². The molecule has 0 saturated carbocycles. The quantitative estimate of drug-likeness (QED) is 0.480. The Morgan fingerprint density at radius 2 is 1.89 bits per heavy atom. The number of carbonyl (C=O) groups is 1. The molecule has 3 aromatic rings. The summed E-state index contributed by atoms with van der Waals surface area (Å²) in [5.74, 6) is 1.03. The number of nitrogens with one attached hydrogen (secondary N) is 1. The van der Waals surface area contributed by atoms with E-state index < -0.39 is 0 Å². The highest BCUT2D eigenvalue weighted by molar-refractivity contribution is 8.00. The van der Waals surface area contributed by atoms with Gasteiger partial charge in [0.05, 0.1) is 11.3 Å². The predicted molar refractivity (Wildman–Crippen MR) is 118 cm³/mol. The summed E-state index contributed by atoms with van der Waals surface area (Å²) in [7, 11) is 0. The van der Waals surface area contributed by atoms with Crippen molar-refractivity contribution in [3.8, 4) is 11.4 Å². The Balaban J connectivity index is 2.00. The number of thioether (sulfide) groups is 1. The van der Waals surface area contributed by atoms with Gasteiger partial charge in [0.1, 0.15) is 5.03 Å². The second kappa shape index (κ2) is 8.31. The number of fused-ring (bicyclic) bond motifs is 1. The number of carbonyl (C=O) groups excluding carboxylic acids is 1. The smallest absolute Gasteiger partial charge is 0.230 e. The highest BCUT2D eigenvalue weighted by Crippen LogP contribution is 2.29. The van der Waals surface area contributed by atoms with Crippen molar-refractivity contribution in [2.75, 3.05) is 5.75 Å². The molecule has 0 spiro atoms. The lowest BCUT2D eigenvalue weighted by Gasteiger charge is -2.20. The van der Waals surface area contributed by atoms with Crippen LogP contribution in [0.3, 0.4) is 0 Å². The van der Waals surface area contributed by atoms with Gasteiger partial charge in [-0.15, -0.1) is 0 Å². The van der Waals surface area contributed by atoms with Gasteiger partial charge in [-0.05, 0) is 57.9 Å². The second-order valence-corrected chi connectivity index (χ2v) is 8.98. The van der Waals surface area contributed by atoms with Crippen molar-refractivity contribution in [1.29, 1.82) is 0 Å². The van der Waals surface area contributed by atoms with Crippen LogP contribution in [0.1, 0.15) is 38.8 Å². The summed E-state index contributed by atoms with van der Waals surface area (Å²) in [6.07, 6.45) is 0.949. The first kappa shape index (κ1) is 20.3. The minimum atomic E-state index is -0.243. The van der Waals surface area contributed by atoms with E-state index in [0.717, 1.165) is 27.9 Å². The molecule has 0 radical (unpaired) electrons. The number of aromatic nitrogens is 2. The van der Waals surface area contributed by atoms with E-state index in [4.69, 9.17) is 9.97 Å². The van der Waals surface area contributed by atoms with E-state index in [-0.39, 0.29) is 11.4 Å². The second-order valence-electron chi connectivity index (χ2n) is 8.01. The Morgan fingerprint density at radius 3 is 2.57 bits per heavy atom. The van der Waals surface area contributed by atoms with Crippen LogP contribution in [-0.2, 0) is 11.2 Å². The van der Waals surface area contributed by atoms with Crippen molar-refractivity contribution >= 4 is 28.6 Å². The van der Waals surface area contributed by atoms with E-state index >= 15 is 0 Å². The minimum absolute atomic E-state index is 0.00742. The zero-order valence-electron chi connectivity index (χ0n) is 17.2. The summed E-state index contributed by atoms with van der Waals surface area (Å²) < 4.78 is 0. The molecule has 1 heterocycles. The van der Waals surface area contributed by atoms with Gasteiger partial charge in [0.15, 0.2) is 5.82 Å². The van der Waals surface area contributed by atoms with Crippen LogP contribution < -0.4 is 5.32 Å². The Labute approximate surface area is 171 Å². The third kappa shape index (κ3) is 5.10. The molecule has 4 nitrogen and oxygen atoms in total. The van der Waals surface area contributed by atoms with Crippen molar-refractivity contribution in [3.63, 3.8) is 0 Å². The number of benzene rings is 2. The number of hydrogen-bond acceptors (Lipinski definition) is 4. The average Bonchev–Trinajstić information content (AvgIpc) is 2.64. The van der Waals surface area contributed by atoms with Gasteiger partial charge in [-0.3, -0.25) is 4.79 Å². The first-order valence-electron chi connectivity index (χ1n) is 9.56. The molecule has 0 aliphatic rings. The number of rotatable bonds is 5. The fraction of sp³-hybridized carbons (Fsp3) is 0.348. The fourth-order valence-electron chi connectivity index (χ4n) is 2.98. The van der Waals surface area contributed by atoms with Crippen molar-refractivity contribution in [1.82, 2.24) is 15.3 Å². The molecule has 1 amide bonds. The molecule has 1 aromatic heterocycles. The van der Waals surface area contributed by atoms with Gasteiger partial charge in [-0.1, -0.05) is 48.5 Å². The summed E-state index contributed by atoms with van der Waals surface area (Å²) in [5, 5.41) is 4.86. The summed E-state index contributed by atoms with van der Waals surface area (Å²) in [4.78, 5) is 21.9. The maximum atomic E-state index is 12.3. The van der Waals surface area contributed by atoms with Crippen LogP contribution in [-0.4, -0.2) is 27.2 Å². The number of hydrogen-bond donors (Lipinski definition) is 1. The maximum absolute atomic E-state index is 12.3. The van der Waals surface area contributed by atoms with Crippen molar-refractivity contribution in [3.05, 3.63) is 53.6 Å². The van der Waals surface area contributed by atoms with Crippen LogP contribution in [0.5, 0.6) is 0 Å². The highest BCUT2D eigenvalue weighted by Gasteiger charge is 2.16. The monoisotopic (exact) mass is 393 g/mol. The zero-order valence-corrected chi connectivity index (χ0v) is 18.0. The Kier molecular flexibility index (Phi) is 6.04. The Morgan fingerprint density at radius 1 is 1.11 bits per heavy atom. The summed E-state index contributed by atoms with van der Waals surface area (Å²) in [6, 6.07) is 14.5. The molecular formula is C23H27N3OS. The van der Waals surface area contributed by atoms with Crippen LogP contribution in [0.15, 0.2) is 47.5 Å². The van der Waals surface area contributed by atoms with Crippen LogP contribution in [0.2, 0.25) is 0 Å². The van der Waals surface area contributed by atoms with Crippen molar-refractivity contribution in [2.24, 2.45) is 0 Å². The van der Waals surface area contributed by atoms with Crippen LogP contribution >= 0.6 is 11.8 Å². The Hall–Kier alpha value is -2.40. The van der Waals surface area contributed by atoms with E-state index in [1.807, 2.05) is 32.9 Å². The van der Waals surface area contributed by atoms with Gasteiger partial charge >= 0.3 is 0 Å². The SMILES string of the molecule is CCc1ccc2nc(-c3cccc(C)c3)nc(SCC(=O)NC(C)(C)C)c2c1. The molecule has 3 rings (SSSR count). The van der Waals surface area contributed by atoms with Crippen molar-refractivity contribution in [2.45, 2.75) is 51.6 Å². The highest BCUT2D eigenvalue weighted by atomic mass is 32.2. The van der Waals surface area contributed by atoms with E-state index in [0.29, 0.717) is 11.6 Å². The molecule has 2 aromatic carbocycles. The molecule has 0 aliphatic heterocycles. The molecule has 146 valence electrons. The van der Waals surface area contributed by atoms with Gasteiger partial charge in [0.25, 0.3) is 0 Å². The molecule has 28 heavy (non-hydrogen) atoms. The molecule has 1 N–H and O–H groups in total. The van der Waals surface area contributed by atoms with E-state index in [1.54, 1.807) is 0 Å². The largest absolute Gasteiger partial charge is 0.351 e. The maximum Gasteiger partial charge on any atom is 0.230 e. The first-order valence-corrected chi connectivity index (χ1v) is 10.6. The number of nitrogens with zero attached hydrogens (tertiary/aromatic N) is 2. The summed E-state index contributed by atoms with van der Waals surface area (Å²) in [6.45, 7) is 10.1. The van der Waals surface area contributed by atoms with E-state index in [9.17, 15) is 4.79 Å². The lowest BCUT2D eigenvalue weighted by molar-refractivity contribution is -0.119. The summed E-state index contributed by atoms with van der Waals surface area (Å²) >= 11 is 1.47. The molecule has 0 unspecified atom stereocenters. The average molecular weight is 394 g/mol. The van der Waals surface area contributed by atoms with E-state index in [1.165, 1.54) is 22.9 Å². The molecule has 0 atom stereocenters. The normalized spacial score (nSPS) is 11.6. The lowest BCUT2D eigenvalue weighted by Crippen LogP contribution is -2.41. The van der Waals surface area contributed by atoms with Gasteiger partial charge < -0.3 is 5.32 Å². The molecule has 0 bridgehead atoms. The van der Waals surface area contributed by atoms with Crippen molar-refractivity contribution < 1.29 is 4.79 Å². The summed E-state index contributed by atoms with van der Waals surface area (Å²) in [5.41, 5.74) is 4.06. The van der Waals surface area contributed by atoms with Crippen LogP contribution in [0.4, 0.5) is 0 Å². The molecular weight excluding hydrogens is 366 g/mol. The molecule has 5 heteroatoms. The molecule has 0 aliphatic carbocycles. The molecule has 0 saturated heterocycles. The lowest BCUT2D eigenvalue weighted by atomic mass is 10.1. The fourth-order valence-corrected chi connectivity index (χ4v) is 3.79. The van der Waals surface area contributed by atoms with E-state index in [2.05, 4.69) is 49.5 Å². The van der Waals surface area contributed by atoms with Crippen LogP contribution in [0, 0.1) is 6.92 Å². The predicted octanol–water partition coefficient (Wildman–Crippen LogP) is 5.17. The van der Waals surface area contributed by atoms with Gasteiger partial charge in [0.2, 0.25) is 5.91 Å². The van der Waals surface area contributed by atoms with Gasteiger partial charge in [0, 0.05) is 16.5 Å². The first-order chi connectivity index (χ1) is 13.2. The van der Waals surface area contributed by atoms with Crippen LogP contribution in [0.25, 0.3) is 22.3 Å². The van der Waals surface area contributed by atoms with Gasteiger partial charge in [-0.25, -0.2) is 9.97 Å². The minimum Gasteiger partial charge on any atom is -0.351 e. The zero-order chi connectivity index (χ0) is 20.3. The third-order valence-electron chi connectivity index (χ3n) is 4.26. The number of amides is 1. The third-order valence-corrected chi connectivity index (χ3v) is 5.26. The topological polar surface area (TPSA) is 54.9 Å². The number of aryl methyl sites for hydroxylation is 2. The molecule has 0 fully saturated rings. The standard InChI is InChI=1S/C23H27N3OS/c1-6-16-10-11-19-18(13-16)22(28-14-20(27)26-23(3,4)5)25-21(24-19)17-9-7-8-15(2)12-17/h7-13H,6,14H2,1-5H3,(H,26,27). The Bertz CT molecular complexity index is 1010.